The van der Waals surface area contributed by atoms with Gasteiger partial charge < -0.3 is 16.2 Å². The van der Waals surface area contributed by atoms with Gasteiger partial charge in [-0.15, -0.1) is 0 Å². The Labute approximate surface area is 120 Å². The summed E-state index contributed by atoms with van der Waals surface area (Å²) in [5, 5.41) is 12.7. The minimum atomic E-state index is -3.48. The van der Waals surface area contributed by atoms with Gasteiger partial charge in [-0.3, -0.25) is 0 Å². The molecule has 0 aliphatic heterocycles. The van der Waals surface area contributed by atoms with Crippen molar-refractivity contribution in [2.75, 3.05) is 31.7 Å². The number of hydrogen-bond acceptors (Lipinski definition) is 5. The first-order valence-electron chi connectivity index (χ1n) is 6.40. The van der Waals surface area contributed by atoms with Crippen LogP contribution in [0, 0.1) is 5.92 Å². The summed E-state index contributed by atoms with van der Waals surface area (Å²) in [6.07, 6.45) is -0.486. The van der Waals surface area contributed by atoms with Crippen LogP contribution in [0.15, 0.2) is 23.1 Å². The standard InChI is InChI=1S/C13H23N3O3S/c1-9(2)13(17)8-15-12-6-5-10(7-11(12)14)20(18,19)16(3)4/h5-7,9,13,15,17H,8,14H2,1-4H3. The average Bonchev–Trinajstić information content (AvgIpc) is 2.36. The van der Waals surface area contributed by atoms with Crippen LogP contribution in [0.4, 0.5) is 11.4 Å². The number of hydrogen-bond donors (Lipinski definition) is 3. The van der Waals surface area contributed by atoms with E-state index in [0.29, 0.717) is 17.9 Å². The molecule has 1 aromatic carbocycles. The molecule has 1 aromatic rings. The lowest BCUT2D eigenvalue weighted by Crippen LogP contribution is -2.25. The van der Waals surface area contributed by atoms with E-state index in [1.54, 1.807) is 6.07 Å². The van der Waals surface area contributed by atoms with Crippen molar-refractivity contribution < 1.29 is 13.5 Å². The van der Waals surface area contributed by atoms with E-state index in [0.717, 1.165) is 4.31 Å². The Morgan fingerprint density at radius 1 is 1.35 bits per heavy atom. The molecular weight excluding hydrogens is 278 g/mol. The Hall–Kier alpha value is -1.31. The van der Waals surface area contributed by atoms with E-state index in [1.807, 2.05) is 13.8 Å². The van der Waals surface area contributed by atoms with Crippen molar-refractivity contribution in [3.63, 3.8) is 0 Å². The average molecular weight is 301 g/mol. The fourth-order valence-electron chi connectivity index (χ4n) is 1.52. The number of benzene rings is 1. The Kier molecular flexibility index (Phi) is 5.38. The molecule has 114 valence electrons. The molecule has 0 heterocycles. The molecule has 0 aromatic heterocycles. The number of rotatable bonds is 6. The molecule has 0 aliphatic carbocycles. The summed E-state index contributed by atoms with van der Waals surface area (Å²) in [6, 6.07) is 4.52. The zero-order chi connectivity index (χ0) is 15.5. The lowest BCUT2D eigenvalue weighted by Gasteiger charge is -2.18. The second-order valence-electron chi connectivity index (χ2n) is 5.23. The molecule has 0 bridgehead atoms. The van der Waals surface area contributed by atoms with Gasteiger partial charge in [0, 0.05) is 20.6 Å². The van der Waals surface area contributed by atoms with Crippen LogP contribution in [-0.2, 0) is 10.0 Å². The molecule has 1 unspecified atom stereocenters. The highest BCUT2D eigenvalue weighted by molar-refractivity contribution is 7.89. The molecule has 1 atom stereocenters. The molecular formula is C13H23N3O3S. The third-order valence-electron chi connectivity index (χ3n) is 3.07. The maximum Gasteiger partial charge on any atom is 0.242 e. The molecule has 6 nitrogen and oxygen atoms in total. The summed E-state index contributed by atoms with van der Waals surface area (Å²) >= 11 is 0. The smallest absolute Gasteiger partial charge is 0.242 e. The lowest BCUT2D eigenvalue weighted by molar-refractivity contribution is 0.138. The zero-order valence-electron chi connectivity index (χ0n) is 12.3. The molecule has 4 N–H and O–H groups in total. The molecule has 0 saturated heterocycles. The van der Waals surface area contributed by atoms with Gasteiger partial charge in [0.1, 0.15) is 0 Å². The summed E-state index contributed by atoms with van der Waals surface area (Å²) in [6.45, 7) is 4.20. The van der Waals surface area contributed by atoms with Crippen LogP contribution in [0.5, 0.6) is 0 Å². The molecule has 0 saturated carbocycles. The van der Waals surface area contributed by atoms with Gasteiger partial charge in [0.25, 0.3) is 0 Å². The van der Waals surface area contributed by atoms with Crippen molar-refractivity contribution in [3.05, 3.63) is 18.2 Å². The summed E-state index contributed by atoms with van der Waals surface area (Å²) in [4.78, 5) is 0.148. The third-order valence-corrected chi connectivity index (χ3v) is 4.88. The quantitative estimate of drug-likeness (QED) is 0.680. The van der Waals surface area contributed by atoms with Crippen LogP contribution in [0.3, 0.4) is 0 Å². The van der Waals surface area contributed by atoms with Gasteiger partial charge in [0.15, 0.2) is 0 Å². The molecule has 0 amide bonds. The summed E-state index contributed by atoms with van der Waals surface area (Å²) < 4.78 is 25.1. The van der Waals surface area contributed by atoms with E-state index in [9.17, 15) is 13.5 Å². The van der Waals surface area contributed by atoms with Crippen molar-refractivity contribution in [2.24, 2.45) is 5.92 Å². The molecule has 0 spiro atoms. The Morgan fingerprint density at radius 2 is 1.95 bits per heavy atom. The maximum atomic E-state index is 12.0. The SMILES string of the molecule is CC(C)C(O)CNc1ccc(S(=O)(=O)N(C)C)cc1N. The Morgan fingerprint density at radius 3 is 2.40 bits per heavy atom. The number of nitrogens with zero attached hydrogens (tertiary/aromatic N) is 1. The molecule has 1 rings (SSSR count). The highest BCUT2D eigenvalue weighted by Crippen LogP contribution is 2.24. The number of aliphatic hydroxyl groups excluding tert-OH is 1. The van der Waals surface area contributed by atoms with E-state index < -0.39 is 16.1 Å². The Bertz CT molecular complexity index is 556. The summed E-state index contributed by atoms with van der Waals surface area (Å²) in [5.74, 6) is 0.136. The number of nitrogen functional groups attached to an aromatic ring is 1. The number of sulfonamides is 1. The number of nitrogens with one attached hydrogen (secondary N) is 1. The van der Waals surface area contributed by atoms with E-state index in [-0.39, 0.29) is 10.8 Å². The summed E-state index contributed by atoms with van der Waals surface area (Å²) in [7, 11) is -0.547. The predicted molar refractivity (Wildman–Crippen MR) is 81.1 cm³/mol. The fourth-order valence-corrected chi connectivity index (χ4v) is 2.46. The first-order chi connectivity index (χ1) is 9.16. The van der Waals surface area contributed by atoms with Crippen LogP contribution in [0.25, 0.3) is 0 Å². The predicted octanol–water partition coefficient (Wildman–Crippen LogP) is 0.948. The van der Waals surface area contributed by atoms with Gasteiger partial charge >= 0.3 is 0 Å². The number of aliphatic hydroxyl groups is 1. The monoisotopic (exact) mass is 301 g/mol. The number of nitrogens with two attached hydrogens (primary N) is 1. The minimum Gasteiger partial charge on any atom is -0.397 e. The maximum absolute atomic E-state index is 12.0. The topological polar surface area (TPSA) is 95.7 Å². The van der Waals surface area contributed by atoms with Gasteiger partial charge in [0.2, 0.25) is 10.0 Å². The lowest BCUT2D eigenvalue weighted by atomic mass is 10.1. The minimum absolute atomic E-state index is 0.136. The zero-order valence-corrected chi connectivity index (χ0v) is 13.1. The first kappa shape index (κ1) is 16.7. The van der Waals surface area contributed by atoms with Crippen molar-refractivity contribution in [2.45, 2.75) is 24.8 Å². The highest BCUT2D eigenvalue weighted by Gasteiger charge is 2.18. The molecule has 7 heteroatoms. The largest absolute Gasteiger partial charge is 0.397 e. The normalized spacial score (nSPS) is 13.8. The van der Waals surface area contributed by atoms with Crippen LogP contribution in [0.1, 0.15) is 13.8 Å². The Balaban J connectivity index is 2.90. The van der Waals surface area contributed by atoms with Gasteiger partial charge in [-0.05, 0) is 24.1 Å². The number of anilines is 2. The fraction of sp³-hybridized carbons (Fsp3) is 0.538. The van der Waals surface area contributed by atoms with Crippen molar-refractivity contribution in [1.29, 1.82) is 0 Å². The van der Waals surface area contributed by atoms with Gasteiger partial charge in [0.05, 0.1) is 22.4 Å². The second kappa shape index (κ2) is 6.43. The highest BCUT2D eigenvalue weighted by atomic mass is 32.2. The molecule has 0 radical (unpaired) electrons. The molecule has 0 aliphatic rings. The van der Waals surface area contributed by atoms with Crippen molar-refractivity contribution in [1.82, 2.24) is 4.31 Å². The van der Waals surface area contributed by atoms with Gasteiger partial charge in [-0.2, -0.15) is 0 Å². The van der Waals surface area contributed by atoms with Crippen LogP contribution < -0.4 is 11.1 Å². The van der Waals surface area contributed by atoms with Crippen molar-refractivity contribution in [3.8, 4) is 0 Å². The first-order valence-corrected chi connectivity index (χ1v) is 7.84. The van der Waals surface area contributed by atoms with E-state index in [4.69, 9.17) is 5.73 Å². The van der Waals surface area contributed by atoms with E-state index in [1.165, 1.54) is 26.2 Å². The van der Waals surface area contributed by atoms with Crippen molar-refractivity contribution >= 4 is 21.4 Å². The molecule has 0 fully saturated rings. The summed E-state index contributed by atoms with van der Waals surface area (Å²) in [5.41, 5.74) is 6.80. The van der Waals surface area contributed by atoms with Gasteiger partial charge in [-0.1, -0.05) is 13.8 Å². The second-order valence-corrected chi connectivity index (χ2v) is 7.38. The van der Waals surface area contributed by atoms with E-state index in [2.05, 4.69) is 5.32 Å². The van der Waals surface area contributed by atoms with E-state index >= 15 is 0 Å². The van der Waals surface area contributed by atoms with Gasteiger partial charge in [-0.25, -0.2) is 12.7 Å². The molecule has 20 heavy (non-hydrogen) atoms. The van der Waals surface area contributed by atoms with Crippen LogP contribution >= 0.6 is 0 Å². The van der Waals surface area contributed by atoms with Crippen LogP contribution in [-0.4, -0.2) is 44.6 Å². The third kappa shape index (κ3) is 3.84. The van der Waals surface area contributed by atoms with Crippen LogP contribution in [0.2, 0.25) is 0 Å².